The molecule has 19 heavy (non-hydrogen) atoms. The minimum atomic E-state index is -0.0381. The molecule has 0 unspecified atom stereocenters. The monoisotopic (exact) mass is 247 g/mol. The number of ketones is 1. The molecule has 0 saturated carbocycles. The second-order valence-corrected chi connectivity index (χ2v) is 4.48. The van der Waals surface area contributed by atoms with E-state index in [1.165, 1.54) is 0 Å². The van der Waals surface area contributed by atoms with Crippen LogP contribution in [0.15, 0.2) is 66.7 Å². The van der Waals surface area contributed by atoms with Crippen LogP contribution in [0.25, 0.3) is 10.8 Å². The molecule has 0 aromatic heterocycles. The Kier molecular flexibility index (Phi) is 2.76. The average molecular weight is 247 g/mol. The maximum Gasteiger partial charge on any atom is 0.195 e. The van der Waals surface area contributed by atoms with E-state index in [-0.39, 0.29) is 5.78 Å². The third-order valence-electron chi connectivity index (χ3n) is 3.22. The van der Waals surface area contributed by atoms with Crippen LogP contribution >= 0.6 is 0 Å². The van der Waals surface area contributed by atoms with Gasteiger partial charge in [-0.15, -0.1) is 0 Å². The van der Waals surface area contributed by atoms with E-state index in [0.29, 0.717) is 16.8 Å². The average Bonchev–Trinajstić information content (AvgIpc) is 2.46. The molecule has 0 aliphatic carbocycles. The number of hydrogen-bond acceptors (Lipinski definition) is 2. The molecule has 0 atom stereocenters. The van der Waals surface area contributed by atoms with Crippen LogP contribution in [0, 0.1) is 0 Å². The first-order valence-electron chi connectivity index (χ1n) is 6.14. The van der Waals surface area contributed by atoms with Crippen molar-refractivity contribution in [3.63, 3.8) is 0 Å². The first-order valence-corrected chi connectivity index (χ1v) is 6.14. The molecule has 2 nitrogen and oxygen atoms in total. The molecular formula is C17H13NO. The predicted molar refractivity (Wildman–Crippen MR) is 78.2 cm³/mol. The second-order valence-electron chi connectivity index (χ2n) is 4.48. The van der Waals surface area contributed by atoms with E-state index in [4.69, 9.17) is 5.73 Å². The molecule has 2 heteroatoms. The SMILES string of the molecule is Nc1ccccc1C(=O)c1ccc2ccccc2c1. The normalized spacial score (nSPS) is 10.5. The number of hydrogen-bond donors (Lipinski definition) is 1. The van der Waals surface area contributed by atoms with E-state index in [1.807, 2.05) is 54.6 Å². The Morgan fingerprint density at radius 2 is 1.47 bits per heavy atom. The minimum absolute atomic E-state index is 0.0381. The fourth-order valence-corrected chi connectivity index (χ4v) is 2.19. The van der Waals surface area contributed by atoms with Crippen molar-refractivity contribution < 1.29 is 4.79 Å². The van der Waals surface area contributed by atoms with Crippen LogP contribution in [0.1, 0.15) is 15.9 Å². The first kappa shape index (κ1) is 11.5. The summed E-state index contributed by atoms with van der Waals surface area (Å²) < 4.78 is 0. The van der Waals surface area contributed by atoms with Crippen LogP contribution in [-0.4, -0.2) is 5.78 Å². The van der Waals surface area contributed by atoms with Gasteiger partial charge >= 0.3 is 0 Å². The van der Waals surface area contributed by atoms with Crippen LogP contribution in [0.4, 0.5) is 5.69 Å². The second kappa shape index (κ2) is 4.58. The lowest BCUT2D eigenvalue weighted by Gasteiger charge is -2.05. The molecular weight excluding hydrogens is 234 g/mol. The van der Waals surface area contributed by atoms with E-state index < -0.39 is 0 Å². The van der Waals surface area contributed by atoms with Gasteiger partial charge in [-0.05, 0) is 29.0 Å². The summed E-state index contributed by atoms with van der Waals surface area (Å²) in [4.78, 5) is 12.4. The highest BCUT2D eigenvalue weighted by atomic mass is 16.1. The molecule has 0 aliphatic heterocycles. The molecule has 0 aliphatic rings. The van der Waals surface area contributed by atoms with E-state index in [1.54, 1.807) is 12.1 Å². The Balaban J connectivity index is 2.09. The lowest BCUT2D eigenvalue weighted by Crippen LogP contribution is -2.04. The van der Waals surface area contributed by atoms with Crippen molar-refractivity contribution in [2.75, 3.05) is 5.73 Å². The van der Waals surface area contributed by atoms with Gasteiger partial charge in [-0.2, -0.15) is 0 Å². The van der Waals surface area contributed by atoms with Gasteiger partial charge in [-0.1, -0.05) is 48.5 Å². The molecule has 0 spiro atoms. The number of carbonyl (C=O) groups is 1. The summed E-state index contributed by atoms with van der Waals surface area (Å²) in [6, 6.07) is 20.8. The highest BCUT2D eigenvalue weighted by molar-refractivity contribution is 6.13. The lowest BCUT2D eigenvalue weighted by molar-refractivity contribution is 0.103. The van der Waals surface area contributed by atoms with Gasteiger partial charge in [0.15, 0.2) is 5.78 Å². The Labute approximate surface area is 111 Å². The van der Waals surface area contributed by atoms with Crippen molar-refractivity contribution in [3.8, 4) is 0 Å². The molecule has 3 rings (SSSR count). The Morgan fingerprint density at radius 1 is 0.789 bits per heavy atom. The Hall–Kier alpha value is -2.61. The number of anilines is 1. The highest BCUT2D eigenvalue weighted by Gasteiger charge is 2.11. The van der Waals surface area contributed by atoms with Crippen LogP contribution in [0.2, 0.25) is 0 Å². The summed E-state index contributed by atoms with van der Waals surface area (Å²) >= 11 is 0. The third kappa shape index (κ3) is 2.08. The van der Waals surface area contributed by atoms with Crippen LogP contribution in [0.5, 0.6) is 0 Å². The van der Waals surface area contributed by atoms with Gasteiger partial charge in [-0.3, -0.25) is 4.79 Å². The molecule has 0 heterocycles. The summed E-state index contributed by atoms with van der Waals surface area (Å²) in [5.74, 6) is -0.0381. The van der Waals surface area contributed by atoms with Crippen molar-refractivity contribution in [1.29, 1.82) is 0 Å². The summed E-state index contributed by atoms with van der Waals surface area (Å²) in [6.07, 6.45) is 0. The van der Waals surface area contributed by atoms with Crippen molar-refractivity contribution in [2.24, 2.45) is 0 Å². The van der Waals surface area contributed by atoms with Gasteiger partial charge in [0.2, 0.25) is 0 Å². The van der Waals surface area contributed by atoms with Gasteiger partial charge in [-0.25, -0.2) is 0 Å². The van der Waals surface area contributed by atoms with E-state index in [0.717, 1.165) is 10.8 Å². The molecule has 0 bridgehead atoms. The largest absolute Gasteiger partial charge is 0.398 e. The maximum atomic E-state index is 12.4. The van der Waals surface area contributed by atoms with Crippen molar-refractivity contribution in [1.82, 2.24) is 0 Å². The minimum Gasteiger partial charge on any atom is -0.398 e. The number of para-hydroxylation sites is 1. The standard InChI is InChI=1S/C17H13NO/c18-16-8-4-3-7-15(16)17(19)14-10-9-12-5-1-2-6-13(12)11-14/h1-11H,18H2. The lowest BCUT2D eigenvalue weighted by atomic mass is 9.99. The number of rotatable bonds is 2. The molecule has 3 aromatic rings. The molecule has 0 saturated heterocycles. The van der Waals surface area contributed by atoms with E-state index >= 15 is 0 Å². The molecule has 0 amide bonds. The fraction of sp³-hybridized carbons (Fsp3) is 0. The van der Waals surface area contributed by atoms with Crippen molar-refractivity contribution in [2.45, 2.75) is 0 Å². The summed E-state index contributed by atoms with van der Waals surface area (Å²) in [6.45, 7) is 0. The molecule has 92 valence electrons. The maximum absolute atomic E-state index is 12.4. The molecule has 0 fully saturated rings. The topological polar surface area (TPSA) is 43.1 Å². The number of benzene rings is 3. The summed E-state index contributed by atoms with van der Waals surface area (Å²) in [5, 5.41) is 2.18. The fourth-order valence-electron chi connectivity index (χ4n) is 2.19. The van der Waals surface area contributed by atoms with Gasteiger partial charge < -0.3 is 5.73 Å². The van der Waals surface area contributed by atoms with E-state index in [2.05, 4.69) is 0 Å². The molecule has 0 radical (unpaired) electrons. The van der Waals surface area contributed by atoms with E-state index in [9.17, 15) is 4.79 Å². The Bertz CT molecular complexity index is 762. The van der Waals surface area contributed by atoms with Crippen LogP contribution in [0.3, 0.4) is 0 Å². The quantitative estimate of drug-likeness (QED) is 0.555. The number of fused-ring (bicyclic) bond motifs is 1. The van der Waals surface area contributed by atoms with Crippen LogP contribution < -0.4 is 5.73 Å². The van der Waals surface area contributed by atoms with Crippen molar-refractivity contribution >= 4 is 22.2 Å². The number of nitrogens with two attached hydrogens (primary N) is 1. The van der Waals surface area contributed by atoms with Gasteiger partial charge in [0.25, 0.3) is 0 Å². The van der Waals surface area contributed by atoms with Gasteiger partial charge in [0.1, 0.15) is 0 Å². The third-order valence-corrected chi connectivity index (χ3v) is 3.22. The first-order chi connectivity index (χ1) is 9.25. The zero-order valence-electron chi connectivity index (χ0n) is 10.3. The smallest absolute Gasteiger partial charge is 0.195 e. The Morgan fingerprint density at radius 3 is 2.26 bits per heavy atom. The predicted octanol–water partition coefficient (Wildman–Crippen LogP) is 3.65. The zero-order valence-corrected chi connectivity index (χ0v) is 10.3. The van der Waals surface area contributed by atoms with Gasteiger partial charge in [0.05, 0.1) is 0 Å². The summed E-state index contributed by atoms with van der Waals surface area (Å²) in [5.41, 5.74) is 7.58. The number of nitrogen functional groups attached to an aromatic ring is 1. The zero-order chi connectivity index (χ0) is 13.2. The highest BCUT2D eigenvalue weighted by Crippen LogP contribution is 2.20. The molecule has 3 aromatic carbocycles. The van der Waals surface area contributed by atoms with Gasteiger partial charge in [0, 0.05) is 16.8 Å². The summed E-state index contributed by atoms with van der Waals surface area (Å²) in [7, 11) is 0. The van der Waals surface area contributed by atoms with Crippen molar-refractivity contribution in [3.05, 3.63) is 77.9 Å². The molecule has 2 N–H and O–H groups in total. The van der Waals surface area contributed by atoms with Crippen LogP contribution in [-0.2, 0) is 0 Å². The number of carbonyl (C=O) groups excluding carboxylic acids is 1.